The first kappa shape index (κ1) is 13.6. The van der Waals surface area contributed by atoms with Crippen LogP contribution in [-0.4, -0.2) is 25.2 Å². The number of hydrogen-bond donors (Lipinski definition) is 1. The highest BCUT2D eigenvalue weighted by atomic mass is 16.4. The van der Waals surface area contributed by atoms with E-state index in [1.807, 2.05) is 30.8 Å². The van der Waals surface area contributed by atoms with Gasteiger partial charge < -0.3 is 14.2 Å². The Hall–Kier alpha value is -3.08. The number of aromatic carboxylic acids is 1. The number of carbonyl (C=O) groups is 1. The number of imidazole rings is 1. The molecule has 0 aliphatic heterocycles. The Kier molecular flexibility index (Phi) is 2.78. The van der Waals surface area contributed by atoms with Crippen molar-refractivity contribution in [1.82, 2.24) is 14.1 Å². The summed E-state index contributed by atoms with van der Waals surface area (Å²) in [6.45, 7) is 0. The van der Waals surface area contributed by atoms with Crippen LogP contribution < -0.4 is 0 Å². The summed E-state index contributed by atoms with van der Waals surface area (Å²) in [5.74, 6) is -0.0980. The van der Waals surface area contributed by atoms with Crippen molar-refractivity contribution >= 4 is 27.9 Å². The van der Waals surface area contributed by atoms with Crippen molar-refractivity contribution in [1.29, 1.82) is 0 Å². The van der Waals surface area contributed by atoms with E-state index in [9.17, 15) is 9.90 Å². The Morgan fingerprint density at radius 1 is 1.09 bits per heavy atom. The van der Waals surface area contributed by atoms with Crippen LogP contribution in [0.4, 0.5) is 0 Å². The first-order valence-electron chi connectivity index (χ1n) is 7.30. The van der Waals surface area contributed by atoms with Gasteiger partial charge in [-0.25, -0.2) is 9.78 Å². The lowest BCUT2D eigenvalue weighted by atomic mass is 10.1. The summed E-state index contributed by atoms with van der Waals surface area (Å²) in [4.78, 5) is 15.9. The lowest BCUT2D eigenvalue weighted by molar-refractivity contribution is 0.0697. The number of fused-ring (bicyclic) bond motifs is 2. The van der Waals surface area contributed by atoms with Gasteiger partial charge in [0, 0.05) is 36.8 Å². The molecule has 5 nitrogen and oxygen atoms in total. The molecule has 0 saturated heterocycles. The highest BCUT2D eigenvalue weighted by molar-refractivity contribution is 5.97. The molecule has 5 heteroatoms. The molecular formula is C18H15N3O2. The molecule has 2 heterocycles. The summed E-state index contributed by atoms with van der Waals surface area (Å²) in [6.07, 6.45) is 2.06. The van der Waals surface area contributed by atoms with Crippen molar-refractivity contribution in [3.63, 3.8) is 0 Å². The van der Waals surface area contributed by atoms with Crippen molar-refractivity contribution in [2.45, 2.75) is 0 Å². The number of hydrogen-bond acceptors (Lipinski definition) is 2. The summed E-state index contributed by atoms with van der Waals surface area (Å²) < 4.78 is 4.02. The minimum Gasteiger partial charge on any atom is -0.478 e. The molecule has 0 fully saturated rings. The summed E-state index contributed by atoms with van der Waals surface area (Å²) in [6, 6.07) is 13.2. The zero-order valence-corrected chi connectivity index (χ0v) is 12.8. The van der Waals surface area contributed by atoms with Crippen LogP contribution in [0.25, 0.3) is 33.3 Å². The van der Waals surface area contributed by atoms with E-state index in [1.165, 1.54) is 0 Å². The van der Waals surface area contributed by atoms with Crippen molar-refractivity contribution in [3.8, 4) is 11.4 Å². The molecule has 0 spiro atoms. The van der Waals surface area contributed by atoms with Gasteiger partial charge in [-0.1, -0.05) is 18.2 Å². The number of para-hydroxylation sites is 1. The highest BCUT2D eigenvalue weighted by Gasteiger charge is 2.16. The zero-order chi connectivity index (χ0) is 16.1. The third kappa shape index (κ3) is 1.93. The van der Waals surface area contributed by atoms with Crippen molar-refractivity contribution in [3.05, 3.63) is 54.2 Å². The van der Waals surface area contributed by atoms with E-state index in [0.29, 0.717) is 0 Å². The van der Waals surface area contributed by atoms with E-state index in [1.54, 1.807) is 18.2 Å². The summed E-state index contributed by atoms with van der Waals surface area (Å²) in [5, 5.41) is 10.3. The van der Waals surface area contributed by atoms with Gasteiger partial charge in [-0.3, -0.25) is 0 Å². The Morgan fingerprint density at radius 2 is 1.87 bits per heavy atom. The van der Waals surface area contributed by atoms with E-state index in [2.05, 4.69) is 22.9 Å². The number of carboxylic acids is 1. The number of aromatic nitrogens is 3. The molecule has 2 aromatic heterocycles. The molecule has 0 bridgehead atoms. The summed E-state index contributed by atoms with van der Waals surface area (Å²) in [5.41, 5.74) is 4.05. The van der Waals surface area contributed by atoms with Gasteiger partial charge in [0.2, 0.25) is 0 Å². The molecule has 0 saturated carbocycles. The summed E-state index contributed by atoms with van der Waals surface area (Å²) in [7, 11) is 3.93. The molecular weight excluding hydrogens is 290 g/mol. The van der Waals surface area contributed by atoms with E-state index < -0.39 is 5.97 Å². The fourth-order valence-electron chi connectivity index (χ4n) is 3.08. The molecule has 0 amide bonds. The topological polar surface area (TPSA) is 60.1 Å². The molecule has 23 heavy (non-hydrogen) atoms. The predicted molar refractivity (Wildman–Crippen MR) is 89.6 cm³/mol. The van der Waals surface area contributed by atoms with Gasteiger partial charge in [-0.15, -0.1) is 0 Å². The highest BCUT2D eigenvalue weighted by Crippen LogP contribution is 2.31. The number of nitrogens with zero attached hydrogens (tertiary/aromatic N) is 3. The van der Waals surface area contributed by atoms with Crippen molar-refractivity contribution in [2.24, 2.45) is 14.1 Å². The van der Waals surface area contributed by atoms with Crippen LogP contribution in [0, 0.1) is 0 Å². The van der Waals surface area contributed by atoms with Crippen LogP contribution >= 0.6 is 0 Å². The number of aryl methyl sites for hydroxylation is 2. The molecule has 0 aliphatic rings. The average molecular weight is 305 g/mol. The Morgan fingerprint density at radius 3 is 2.65 bits per heavy atom. The molecule has 1 N–H and O–H groups in total. The minimum absolute atomic E-state index is 0.268. The number of rotatable bonds is 2. The fourth-order valence-corrected chi connectivity index (χ4v) is 3.08. The Bertz CT molecular complexity index is 1070. The maximum atomic E-state index is 11.2. The van der Waals surface area contributed by atoms with Gasteiger partial charge >= 0.3 is 5.97 Å². The Labute approximate surface area is 132 Å². The van der Waals surface area contributed by atoms with Gasteiger partial charge in [0.1, 0.15) is 5.82 Å². The van der Waals surface area contributed by atoms with E-state index in [4.69, 9.17) is 4.98 Å². The van der Waals surface area contributed by atoms with E-state index >= 15 is 0 Å². The molecule has 0 atom stereocenters. The molecule has 0 radical (unpaired) electrons. The lowest BCUT2D eigenvalue weighted by Crippen LogP contribution is -1.97. The van der Waals surface area contributed by atoms with Gasteiger partial charge in [-0.2, -0.15) is 0 Å². The lowest BCUT2D eigenvalue weighted by Gasteiger charge is -2.01. The standard InChI is InChI=1S/C18H15N3O2/c1-20-10-13(12-5-3-4-6-15(12)20)17-19-14-8-7-11(18(22)23)9-16(14)21(17)2/h3-10H,1-2H3,(H,22,23). The second-order valence-electron chi connectivity index (χ2n) is 5.67. The smallest absolute Gasteiger partial charge is 0.335 e. The Balaban J connectivity index is 2.01. The number of carboxylic acid groups (broad SMARTS) is 1. The second kappa shape index (κ2) is 4.71. The van der Waals surface area contributed by atoms with Crippen LogP contribution in [0.2, 0.25) is 0 Å². The number of benzene rings is 2. The normalized spacial score (nSPS) is 11.4. The second-order valence-corrected chi connectivity index (χ2v) is 5.67. The predicted octanol–water partition coefficient (Wildman–Crippen LogP) is 3.43. The molecule has 4 aromatic rings. The fraction of sp³-hybridized carbons (Fsp3) is 0.111. The van der Waals surface area contributed by atoms with Crippen LogP contribution in [0.5, 0.6) is 0 Å². The molecule has 2 aromatic carbocycles. The third-order valence-corrected chi connectivity index (χ3v) is 4.27. The third-order valence-electron chi connectivity index (χ3n) is 4.27. The molecule has 0 aliphatic carbocycles. The average Bonchev–Trinajstić information content (AvgIpc) is 3.05. The van der Waals surface area contributed by atoms with E-state index in [-0.39, 0.29) is 5.56 Å². The molecule has 114 valence electrons. The van der Waals surface area contributed by atoms with Gasteiger partial charge in [0.25, 0.3) is 0 Å². The van der Waals surface area contributed by atoms with Crippen LogP contribution in [0.15, 0.2) is 48.7 Å². The van der Waals surface area contributed by atoms with Crippen molar-refractivity contribution < 1.29 is 9.90 Å². The van der Waals surface area contributed by atoms with Crippen LogP contribution in [0.3, 0.4) is 0 Å². The largest absolute Gasteiger partial charge is 0.478 e. The van der Waals surface area contributed by atoms with Crippen molar-refractivity contribution in [2.75, 3.05) is 0 Å². The first-order chi connectivity index (χ1) is 11.1. The zero-order valence-electron chi connectivity index (χ0n) is 12.8. The quantitative estimate of drug-likeness (QED) is 0.617. The van der Waals surface area contributed by atoms with Gasteiger partial charge in [0.15, 0.2) is 0 Å². The van der Waals surface area contributed by atoms with E-state index in [0.717, 1.165) is 33.3 Å². The van der Waals surface area contributed by atoms with Crippen LogP contribution in [-0.2, 0) is 14.1 Å². The maximum absolute atomic E-state index is 11.2. The monoisotopic (exact) mass is 305 g/mol. The molecule has 4 rings (SSSR count). The first-order valence-corrected chi connectivity index (χ1v) is 7.30. The summed E-state index contributed by atoms with van der Waals surface area (Å²) >= 11 is 0. The van der Waals surface area contributed by atoms with Crippen LogP contribution in [0.1, 0.15) is 10.4 Å². The van der Waals surface area contributed by atoms with Gasteiger partial charge in [0.05, 0.1) is 16.6 Å². The van der Waals surface area contributed by atoms with Gasteiger partial charge in [-0.05, 0) is 24.3 Å². The SMILES string of the molecule is Cn1cc(-c2nc3ccc(C(=O)O)cc3n2C)c2ccccc21. The maximum Gasteiger partial charge on any atom is 0.335 e. The molecule has 0 unspecified atom stereocenters. The minimum atomic E-state index is -0.931.